The molecule has 1 aliphatic rings. The van der Waals surface area contributed by atoms with E-state index in [2.05, 4.69) is 0 Å². The zero-order valence-corrected chi connectivity index (χ0v) is 11.1. The van der Waals surface area contributed by atoms with Crippen LogP contribution in [0.5, 0.6) is 0 Å². The van der Waals surface area contributed by atoms with Gasteiger partial charge in [0.05, 0.1) is 11.7 Å². The van der Waals surface area contributed by atoms with E-state index in [1.165, 1.54) is 11.8 Å². The van der Waals surface area contributed by atoms with E-state index in [-0.39, 0.29) is 5.91 Å². The fraction of sp³-hybridized carbons (Fsp3) is 0.333. The van der Waals surface area contributed by atoms with Crippen LogP contribution in [0, 0.1) is 5.92 Å². The van der Waals surface area contributed by atoms with Crippen LogP contribution in [0.25, 0.3) is 0 Å². The molecule has 1 heterocycles. The number of likely N-dealkylation sites (tertiary alicyclic amines) is 1. The highest BCUT2D eigenvalue weighted by molar-refractivity contribution is 8.00. The minimum Gasteiger partial charge on any atom is -0.481 e. The number of hydrogen-bond donors (Lipinski definition) is 1. The summed E-state index contributed by atoms with van der Waals surface area (Å²) in [5.74, 6) is -0.917. The number of carbonyl (C=O) groups excluding carboxylic acids is 1. The van der Waals surface area contributed by atoms with Crippen LogP contribution in [-0.2, 0) is 9.59 Å². The summed E-state index contributed by atoms with van der Waals surface area (Å²) in [5.41, 5.74) is 0. The first-order valence-electron chi connectivity index (χ1n) is 5.45. The Balaban J connectivity index is 1.76. The van der Waals surface area contributed by atoms with Crippen molar-refractivity contribution in [1.29, 1.82) is 0 Å². The summed E-state index contributed by atoms with van der Waals surface area (Å²) in [7, 11) is 0. The summed E-state index contributed by atoms with van der Waals surface area (Å²) in [6, 6.07) is 7.27. The maximum atomic E-state index is 11.7. The first-order valence-corrected chi connectivity index (χ1v) is 6.81. The van der Waals surface area contributed by atoms with Crippen molar-refractivity contribution in [3.05, 3.63) is 29.3 Å². The fourth-order valence-electron chi connectivity index (χ4n) is 1.61. The van der Waals surface area contributed by atoms with Gasteiger partial charge in [-0.15, -0.1) is 11.8 Å². The zero-order chi connectivity index (χ0) is 13.1. The van der Waals surface area contributed by atoms with Crippen molar-refractivity contribution in [1.82, 2.24) is 4.90 Å². The second-order valence-electron chi connectivity index (χ2n) is 4.08. The Kier molecular flexibility index (Phi) is 4.14. The standard InChI is InChI=1S/C12H12ClNO3S/c13-9-1-3-10(4-2-9)18-7-11(15)14-5-8(6-14)12(16)17/h1-4,8H,5-7H2,(H,16,17). The van der Waals surface area contributed by atoms with Gasteiger partial charge < -0.3 is 10.0 Å². The number of benzene rings is 1. The molecule has 0 aromatic heterocycles. The lowest BCUT2D eigenvalue weighted by Gasteiger charge is -2.36. The third-order valence-electron chi connectivity index (χ3n) is 2.76. The van der Waals surface area contributed by atoms with E-state index < -0.39 is 11.9 Å². The average Bonchev–Trinajstić information content (AvgIpc) is 2.25. The lowest BCUT2D eigenvalue weighted by Crippen LogP contribution is -2.53. The average molecular weight is 286 g/mol. The SMILES string of the molecule is O=C(O)C1CN(C(=O)CSc2ccc(Cl)cc2)C1. The molecular weight excluding hydrogens is 274 g/mol. The molecule has 0 spiro atoms. The number of amides is 1. The molecule has 1 aromatic rings. The number of rotatable bonds is 4. The van der Waals surface area contributed by atoms with Crippen LogP contribution in [0.4, 0.5) is 0 Å². The molecule has 1 N–H and O–H groups in total. The minimum absolute atomic E-state index is 0.0209. The van der Waals surface area contributed by atoms with Crippen LogP contribution in [0.1, 0.15) is 0 Å². The summed E-state index contributed by atoms with van der Waals surface area (Å²) in [6.07, 6.45) is 0. The molecular formula is C12H12ClNO3S. The maximum Gasteiger partial charge on any atom is 0.310 e. The third kappa shape index (κ3) is 3.17. The summed E-state index contributed by atoms with van der Waals surface area (Å²) in [4.78, 5) is 24.9. The number of hydrogen-bond acceptors (Lipinski definition) is 3. The second-order valence-corrected chi connectivity index (χ2v) is 5.56. The molecule has 4 nitrogen and oxygen atoms in total. The molecule has 2 rings (SSSR count). The van der Waals surface area contributed by atoms with Gasteiger partial charge in [-0.2, -0.15) is 0 Å². The Morgan fingerprint density at radius 3 is 2.50 bits per heavy atom. The number of carboxylic acid groups (broad SMARTS) is 1. The van der Waals surface area contributed by atoms with Crippen molar-refractivity contribution in [2.24, 2.45) is 5.92 Å². The third-order valence-corrected chi connectivity index (χ3v) is 4.01. The van der Waals surface area contributed by atoms with Crippen molar-refractivity contribution < 1.29 is 14.7 Å². The van der Waals surface area contributed by atoms with Gasteiger partial charge in [0.15, 0.2) is 0 Å². The normalized spacial score (nSPS) is 15.3. The smallest absolute Gasteiger partial charge is 0.310 e. The van der Waals surface area contributed by atoms with Crippen LogP contribution in [0.2, 0.25) is 5.02 Å². The topological polar surface area (TPSA) is 57.6 Å². The van der Waals surface area contributed by atoms with Crippen molar-refractivity contribution >= 4 is 35.2 Å². The molecule has 1 amide bonds. The molecule has 0 atom stereocenters. The Morgan fingerprint density at radius 2 is 1.94 bits per heavy atom. The number of thioether (sulfide) groups is 1. The van der Waals surface area contributed by atoms with Crippen molar-refractivity contribution in [3.63, 3.8) is 0 Å². The van der Waals surface area contributed by atoms with Crippen molar-refractivity contribution in [2.45, 2.75) is 4.90 Å². The molecule has 6 heteroatoms. The van der Waals surface area contributed by atoms with E-state index in [4.69, 9.17) is 16.7 Å². The Labute approximate surface area is 114 Å². The van der Waals surface area contributed by atoms with E-state index in [1.54, 1.807) is 17.0 Å². The van der Waals surface area contributed by atoms with E-state index in [9.17, 15) is 9.59 Å². The van der Waals surface area contributed by atoms with E-state index >= 15 is 0 Å². The van der Waals surface area contributed by atoms with E-state index in [0.717, 1.165) is 4.90 Å². The summed E-state index contributed by atoms with van der Waals surface area (Å²) in [5, 5.41) is 9.38. The minimum atomic E-state index is -0.829. The van der Waals surface area contributed by atoms with Gasteiger partial charge in [0.2, 0.25) is 5.91 Å². The lowest BCUT2D eigenvalue weighted by molar-refractivity contribution is -0.151. The molecule has 0 bridgehead atoms. The number of halogens is 1. The Bertz CT molecular complexity index is 457. The first-order chi connectivity index (χ1) is 8.56. The number of nitrogens with zero attached hydrogens (tertiary/aromatic N) is 1. The molecule has 1 saturated heterocycles. The van der Waals surface area contributed by atoms with Gasteiger partial charge in [-0.05, 0) is 24.3 Å². The van der Waals surface area contributed by atoms with Gasteiger partial charge in [-0.1, -0.05) is 11.6 Å². The van der Waals surface area contributed by atoms with E-state index in [1.807, 2.05) is 12.1 Å². The van der Waals surface area contributed by atoms with E-state index in [0.29, 0.717) is 23.9 Å². The van der Waals surface area contributed by atoms with Crippen LogP contribution in [0.15, 0.2) is 29.2 Å². The molecule has 0 aliphatic carbocycles. The second kappa shape index (κ2) is 5.63. The van der Waals surface area contributed by atoms with Crippen LogP contribution >= 0.6 is 23.4 Å². The van der Waals surface area contributed by atoms with Gasteiger partial charge in [-0.3, -0.25) is 9.59 Å². The summed E-state index contributed by atoms with van der Waals surface area (Å²) >= 11 is 7.19. The predicted molar refractivity (Wildman–Crippen MR) is 69.9 cm³/mol. The Morgan fingerprint density at radius 1 is 1.33 bits per heavy atom. The molecule has 1 aliphatic heterocycles. The maximum absolute atomic E-state index is 11.7. The monoisotopic (exact) mass is 285 g/mol. The van der Waals surface area contributed by atoms with Gasteiger partial charge in [0, 0.05) is 23.0 Å². The highest BCUT2D eigenvalue weighted by Crippen LogP contribution is 2.22. The molecule has 18 heavy (non-hydrogen) atoms. The van der Waals surface area contributed by atoms with Crippen molar-refractivity contribution in [2.75, 3.05) is 18.8 Å². The van der Waals surface area contributed by atoms with Gasteiger partial charge in [-0.25, -0.2) is 0 Å². The van der Waals surface area contributed by atoms with Gasteiger partial charge in [0.1, 0.15) is 0 Å². The largest absolute Gasteiger partial charge is 0.481 e. The molecule has 0 unspecified atom stereocenters. The quantitative estimate of drug-likeness (QED) is 0.860. The predicted octanol–water partition coefficient (Wildman–Crippen LogP) is 1.98. The molecule has 96 valence electrons. The number of aliphatic carboxylic acids is 1. The number of carboxylic acids is 1. The molecule has 0 radical (unpaired) electrons. The first kappa shape index (κ1) is 13.2. The highest BCUT2D eigenvalue weighted by atomic mass is 35.5. The van der Waals surface area contributed by atoms with Crippen LogP contribution < -0.4 is 0 Å². The van der Waals surface area contributed by atoms with Gasteiger partial charge >= 0.3 is 5.97 Å². The van der Waals surface area contributed by atoms with Gasteiger partial charge in [0.25, 0.3) is 0 Å². The number of carbonyl (C=O) groups is 2. The lowest BCUT2D eigenvalue weighted by atomic mass is 10.0. The van der Waals surface area contributed by atoms with Crippen LogP contribution in [0.3, 0.4) is 0 Å². The highest BCUT2D eigenvalue weighted by Gasteiger charge is 2.35. The molecule has 1 fully saturated rings. The summed E-state index contributed by atoms with van der Waals surface area (Å²) < 4.78 is 0. The Hall–Kier alpha value is -1.20. The fourth-order valence-corrected chi connectivity index (χ4v) is 2.53. The molecule has 1 aromatic carbocycles. The molecule has 0 saturated carbocycles. The summed E-state index contributed by atoms with van der Waals surface area (Å²) in [6.45, 7) is 0.657. The zero-order valence-electron chi connectivity index (χ0n) is 9.51. The van der Waals surface area contributed by atoms with Crippen LogP contribution in [-0.4, -0.2) is 40.7 Å². The van der Waals surface area contributed by atoms with Crippen molar-refractivity contribution in [3.8, 4) is 0 Å².